The molecule has 0 amide bonds. The number of benzene rings is 1. The van der Waals surface area contributed by atoms with E-state index < -0.39 is 11.9 Å². The second-order valence-electron chi connectivity index (χ2n) is 5.09. The van der Waals surface area contributed by atoms with Crippen molar-refractivity contribution in [2.75, 3.05) is 18.5 Å². The van der Waals surface area contributed by atoms with Crippen molar-refractivity contribution in [3.63, 3.8) is 0 Å². The summed E-state index contributed by atoms with van der Waals surface area (Å²) in [5, 5.41) is 12.7. The van der Waals surface area contributed by atoms with Gasteiger partial charge in [-0.25, -0.2) is 4.39 Å². The lowest BCUT2D eigenvalue weighted by Crippen LogP contribution is -2.30. The average Bonchev–Trinajstić information content (AvgIpc) is 2.27. The summed E-state index contributed by atoms with van der Waals surface area (Å²) in [4.78, 5) is 0. The fourth-order valence-corrected chi connectivity index (χ4v) is 1.36. The quantitative estimate of drug-likeness (QED) is 0.868. The van der Waals surface area contributed by atoms with E-state index in [9.17, 15) is 9.50 Å². The number of aliphatic hydroxyl groups is 1. The van der Waals surface area contributed by atoms with Crippen LogP contribution < -0.4 is 5.32 Å². The average molecular weight is 276 g/mol. The smallest absolute Gasteiger partial charge is 0.143 e. The molecule has 1 aromatic carbocycles. The molecule has 3 nitrogen and oxygen atoms in total. The molecular weight excluding hydrogens is 257 g/mol. The van der Waals surface area contributed by atoms with Crippen molar-refractivity contribution in [2.24, 2.45) is 0 Å². The number of aliphatic hydroxyl groups excluding tert-OH is 1. The van der Waals surface area contributed by atoms with Gasteiger partial charge in [-0.3, -0.25) is 0 Å². The summed E-state index contributed by atoms with van der Waals surface area (Å²) >= 11 is 5.57. The van der Waals surface area contributed by atoms with Gasteiger partial charge in [0.2, 0.25) is 0 Å². The van der Waals surface area contributed by atoms with E-state index in [0.29, 0.717) is 5.69 Å². The van der Waals surface area contributed by atoms with Gasteiger partial charge in [-0.15, -0.1) is 0 Å². The fraction of sp³-hybridized carbons (Fsp3) is 0.538. The number of nitrogens with one attached hydrogen (secondary N) is 1. The standard InChI is InChI=1S/C13H19ClFNO2/c1-13(2,3)18-8-10(17)7-16-9-4-5-11(14)12(15)6-9/h4-6,10,16-17H,7-8H2,1-3H3. The number of hydrogen-bond donors (Lipinski definition) is 2. The normalized spacial score (nSPS) is 13.4. The molecule has 0 heterocycles. The monoisotopic (exact) mass is 275 g/mol. The lowest BCUT2D eigenvalue weighted by atomic mass is 10.2. The van der Waals surface area contributed by atoms with Crippen LogP contribution in [0.1, 0.15) is 20.8 Å². The Morgan fingerprint density at radius 3 is 2.67 bits per heavy atom. The predicted molar refractivity (Wildman–Crippen MR) is 71.6 cm³/mol. The molecule has 1 unspecified atom stereocenters. The maximum absolute atomic E-state index is 13.1. The third kappa shape index (κ3) is 5.67. The van der Waals surface area contributed by atoms with Crippen molar-refractivity contribution in [3.05, 3.63) is 29.0 Å². The van der Waals surface area contributed by atoms with Crippen molar-refractivity contribution in [1.29, 1.82) is 0 Å². The molecule has 1 aromatic rings. The van der Waals surface area contributed by atoms with E-state index in [2.05, 4.69) is 5.32 Å². The minimum absolute atomic E-state index is 0.0807. The highest BCUT2D eigenvalue weighted by molar-refractivity contribution is 6.30. The summed E-state index contributed by atoms with van der Waals surface area (Å²) in [6, 6.07) is 4.42. The first-order valence-corrected chi connectivity index (χ1v) is 6.17. The van der Waals surface area contributed by atoms with Crippen molar-refractivity contribution >= 4 is 17.3 Å². The molecule has 0 aromatic heterocycles. The van der Waals surface area contributed by atoms with Gasteiger partial charge in [0.15, 0.2) is 0 Å². The number of halogens is 2. The van der Waals surface area contributed by atoms with Crippen LogP contribution in [0.5, 0.6) is 0 Å². The Balaban J connectivity index is 2.38. The molecule has 2 N–H and O–H groups in total. The molecule has 0 aliphatic carbocycles. The summed E-state index contributed by atoms with van der Waals surface area (Å²) in [6.45, 7) is 6.27. The summed E-state index contributed by atoms with van der Waals surface area (Å²) < 4.78 is 18.6. The van der Waals surface area contributed by atoms with Crippen LogP contribution in [0, 0.1) is 5.82 Å². The van der Waals surface area contributed by atoms with E-state index in [1.54, 1.807) is 6.07 Å². The number of anilines is 1. The molecule has 0 fully saturated rings. The molecule has 0 aliphatic heterocycles. The van der Waals surface area contributed by atoms with E-state index >= 15 is 0 Å². The van der Waals surface area contributed by atoms with Gasteiger partial charge >= 0.3 is 0 Å². The van der Waals surface area contributed by atoms with Gasteiger partial charge < -0.3 is 15.2 Å². The summed E-state index contributed by atoms with van der Waals surface area (Å²) in [5.41, 5.74) is 0.291. The molecular formula is C13H19ClFNO2. The molecule has 1 atom stereocenters. The summed E-state index contributed by atoms with van der Waals surface area (Å²) in [5.74, 6) is -0.484. The fourth-order valence-electron chi connectivity index (χ4n) is 1.25. The van der Waals surface area contributed by atoms with Gasteiger partial charge in [0.1, 0.15) is 5.82 Å². The molecule has 0 spiro atoms. The van der Waals surface area contributed by atoms with Crippen LogP contribution in [0.25, 0.3) is 0 Å². The van der Waals surface area contributed by atoms with E-state index in [1.807, 2.05) is 20.8 Å². The second kappa shape index (κ2) is 6.36. The van der Waals surface area contributed by atoms with E-state index in [4.69, 9.17) is 16.3 Å². The SMILES string of the molecule is CC(C)(C)OCC(O)CNc1ccc(Cl)c(F)c1. The van der Waals surface area contributed by atoms with Crippen LogP contribution in [0.2, 0.25) is 5.02 Å². The highest BCUT2D eigenvalue weighted by Gasteiger charge is 2.13. The predicted octanol–water partition coefficient (Wildman–Crippen LogP) is 3.07. The van der Waals surface area contributed by atoms with Crippen molar-refractivity contribution in [2.45, 2.75) is 32.5 Å². The van der Waals surface area contributed by atoms with Gasteiger partial charge in [0.05, 0.1) is 23.3 Å². The molecule has 0 saturated heterocycles. The largest absolute Gasteiger partial charge is 0.389 e. The molecule has 0 aliphatic rings. The van der Waals surface area contributed by atoms with Crippen molar-refractivity contribution in [1.82, 2.24) is 0 Å². The Kier molecular flexibility index (Phi) is 5.38. The summed E-state index contributed by atoms with van der Waals surface area (Å²) in [6.07, 6.45) is -0.650. The van der Waals surface area contributed by atoms with Crippen LogP contribution in [-0.2, 0) is 4.74 Å². The Morgan fingerprint density at radius 2 is 2.11 bits per heavy atom. The van der Waals surface area contributed by atoms with Crippen molar-refractivity contribution in [3.8, 4) is 0 Å². The lowest BCUT2D eigenvalue weighted by molar-refractivity contribution is -0.0449. The van der Waals surface area contributed by atoms with Crippen LogP contribution in [0.3, 0.4) is 0 Å². The minimum atomic E-state index is -0.650. The van der Waals surface area contributed by atoms with E-state index in [0.717, 1.165) is 0 Å². The Labute approximate surface area is 112 Å². The third-order valence-electron chi connectivity index (χ3n) is 2.17. The molecule has 5 heteroatoms. The molecule has 0 bridgehead atoms. The maximum atomic E-state index is 13.1. The zero-order valence-corrected chi connectivity index (χ0v) is 11.6. The second-order valence-corrected chi connectivity index (χ2v) is 5.49. The van der Waals surface area contributed by atoms with Gasteiger partial charge in [-0.05, 0) is 39.0 Å². The molecule has 0 saturated carbocycles. The highest BCUT2D eigenvalue weighted by atomic mass is 35.5. The third-order valence-corrected chi connectivity index (χ3v) is 2.48. The first kappa shape index (κ1) is 15.2. The first-order valence-electron chi connectivity index (χ1n) is 5.79. The van der Waals surface area contributed by atoms with Crippen LogP contribution in [0.15, 0.2) is 18.2 Å². The number of hydrogen-bond acceptors (Lipinski definition) is 3. The van der Waals surface area contributed by atoms with Gasteiger partial charge in [0, 0.05) is 12.2 Å². The van der Waals surface area contributed by atoms with Gasteiger partial charge in [-0.2, -0.15) is 0 Å². The Morgan fingerprint density at radius 1 is 1.44 bits per heavy atom. The molecule has 18 heavy (non-hydrogen) atoms. The minimum Gasteiger partial charge on any atom is -0.389 e. The van der Waals surface area contributed by atoms with Gasteiger partial charge in [0.25, 0.3) is 0 Å². The van der Waals surface area contributed by atoms with Gasteiger partial charge in [-0.1, -0.05) is 11.6 Å². The van der Waals surface area contributed by atoms with Crippen LogP contribution >= 0.6 is 11.6 Å². The highest BCUT2D eigenvalue weighted by Crippen LogP contribution is 2.18. The lowest BCUT2D eigenvalue weighted by Gasteiger charge is -2.22. The zero-order valence-electron chi connectivity index (χ0n) is 10.8. The molecule has 0 radical (unpaired) electrons. The number of rotatable bonds is 5. The van der Waals surface area contributed by atoms with Crippen LogP contribution in [0.4, 0.5) is 10.1 Å². The number of ether oxygens (including phenoxy) is 1. The maximum Gasteiger partial charge on any atom is 0.143 e. The summed E-state index contributed by atoms with van der Waals surface area (Å²) in [7, 11) is 0. The molecule has 102 valence electrons. The zero-order chi connectivity index (χ0) is 13.8. The van der Waals surface area contributed by atoms with Crippen LogP contribution in [-0.4, -0.2) is 30.0 Å². The molecule has 1 rings (SSSR count). The van der Waals surface area contributed by atoms with E-state index in [-0.39, 0.29) is 23.8 Å². The Bertz CT molecular complexity index is 393. The van der Waals surface area contributed by atoms with Crippen molar-refractivity contribution < 1.29 is 14.2 Å². The topological polar surface area (TPSA) is 41.5 Å². The first-order chi connectivity index (χ1) is 8.28. The Hall–Kier alpha value is -0.840. The van der Waals surface area contributed by atoms with E-state index in [1.165, 1.54) is 12.1 Å².